The Balaban J connectivity index is 2.42. The third-order valence-corrected chi connectivity index (χ3v) is 1.77. The number of benzene rings is 1. The van der Waals surface area contributed by atoms with Crippen LogP contribution in [0.5, 0.6) is 0 Å². The van der Waals surface area contributed by atoms with Gasteiger partial charge in [0.2, 0.25) is 0 Å². The van der Waals surface area contributed by atoms with Crippen LogP contribution >= 0.6 is 0 Å². The Labute approximate surface area is 77.3 Å². The Bertz CT molecular complexity index is 379. The molecule has 2 rings (SSSR count). The highest BCUT2D eigenvalue weighted by Gasteiger charge is 1.97. The van der Waals surface area contributed by atoms with Crippen LogP contribution in [-0.2, 0) is 0 Å². The minimum atomic E-state index is 0.725. The highest BCUT2D eigenvalue weighted by Crippen LogP contribution is 2.12. The molecule has 0 aliphatic heterocycles. The number of aryl methyl sites for hydroxylation is 1. The Morgan fingerprint density at radius 3 is 2.54 bits per heavy atom. The first-order valence-corrected chi connectivity index (χ1v) is 4.12. The summed E-state index contributed by atoms with van der Waals surface area (Å²) in [5.41, 5.74) is 2.13. The summed E-state index contributed by atoms with van der Waals surface area (Å²) in [5.74, 6) is 0.725. The molecule has 63 valence electrons. The largest absolute Gasteiger partial charge is 0.237 e. The standard InChI is InChI=1S/C11H9N2/c1-9-3-5-10(6-4-9)11-12-7-2-8-13-11/h2-5,7-8H,1H3. The van der Waals surface area contributed by atoms with Gasteiger partial charge < -0.3 is 0 Å². The van der Waals surface area contributed by atoms with Crippen molar-refractivity contribution in [3.05, 3.63) is 48.3 Å². The van der Waals surface area contributed by atoms with Crippen LogP contribution in [0, 0.1) is 13.0 Å². The quantitative estimate of drug-likeness (QED) is 0.654. The summed E-state index contributed by atoms with van der Waals surface area (Å²) in [6, 6.07) is 10.9. The average molecular weight is 169 g/mol. The fourth-order valence-corrected chi connectivity index (χ4v) is 1.08. The Morgan fingerprint density at radius 1 is 1.15 bits per heavy atom. The molecule has 2 nitrogen and oxygen atoms in total. The van der Waals surface area contributed by atoms with Gasteiger partial charge in [-0.25, -0.2) is 9.97 Å². The van der Waals surface area contributed by atoms with Crippen molar-refractivity contribution in [2.45, 2.75) is 6.92 Å². The van der Waals surface area contributed by atoms with Gasteiger partial charge in [0, 0.05) is 18.0 Å². The lowest BCUT2D eigenvalue weighted by Gasteiger charge is -1.97. The van der Waals surface area contributed by atoms with Crippen LogP contribution in [0.4, 0.5) is 0 Å². The molecule has 0 saturated heterocycles. The van der Waals surface area contributed by atoms with Crippen LogP contribution in [0.15, 0.2) is 36.7 Å². The second kappa shape index (κ2) is 3.35. The summed E-state index contributed by atoms with van der Waals surface area (Å²) in [5, 5.41) is 0. The Kier molecular flexibility index (Phi) is 2.04. The fourth-order valence-electron chi connectivity index (χ4n) is 1.08. The van der Waals surface area contributed by atoms with Crippen LogP contribution in [0.25, 0.3) is 11.4 Å². The predicted molar refractivity (Wildman–Crippen MR) is 51.0 cm³/mol. The van der Waals surface area contributed by atoms with Gasteiger partial charge in [-0.2, -0.15) is 0 Å². The number of hydrogen-bond acceptors (Lipinski definition) is 2. The van der Waals surface area contributed by atoms with Crippen LogP contribution in [-0.4, -0.2) is 9.97 Å². The van der Waals surface area contributed by atoms with E-state index in [1.54, 1.807) is 18.5 Å². The van der Waals surface area contributed by atoms with Gasteiger partial charge in [0.1, 0.15) is 0 Å². The van der Waals surface area contributed by atoms with Crippen LogP contribution < -0.4 is 0 Å². The molecule has 1 aromatic heterocycles. The number of rotatable bonds is 1. The molecule has 1 radical (unpaired) electrons. The minimum Gasteiger partial charge on any atom is -0.237 e. The molecule has 0 unspecified atom stereocenters. The topological polar surface area (TPSA) is 25.8 Å². The smallest absolute Gasteiger partial charge is 0.159 e. The van der Waals surface area contributed by atoms with Crippen molar-refractivity contribution in [2.75, 3.05) is 0 Å². The summed E-state index contributed by atoms with van der Waals surface area (Å²) in [7, 11) is 0. The third-order valence-electron chi connectivity index (χ3n) is 1.77. The van der Waals surface area contributed by atoms with Gasteiger partial charge in [0.05, 0.1) is 0 Å². The maximum Gasteiger partial charge on any atom is 0.159 e. The predicted octanol–water partition coefficient (Wildman–Crippen LogP) is 2.25. The van der Waals surface area contributed by atoms with Crippen molar-refractivity contribution >= 4 is 0 Å². The lowest BCUT2D eigenvalue weighted by molar-refractivity contribution is 1.17. The van der Waals surface area contributed by atoms with E-state index in [9.17, 15) is 0 Å². The van der Waals surface area contributed by atoms with E-state index >= 15 is 0 Å². The van der Waals surface area contributed by atoms with E-state index in [4.69, 9.17) is 0 Å². The molecule has 0 fully saturated rings. The van der Waals surface area contributed by atoms with Crippen molar-refractivity contribution in [1.29, 1.82) is 0 Å². The molecule has 1 heterocycles. The van der Waals surface area contributed by atoms with Crippen molar-refractivity contribution in [2.24, 2.45) is 0 Å². The van der Waals surface area contributed by atoms with Gasteiger partial charge in [-0.15, -0.1) is 0 Å². The van der Waals surface area contributed by atoms with Crippen molar-refractivity contribution < 1.29 is 0 Å². The Morgan fingerprint density at radius 2 is 1.92 bits per heavy atom. The third kappa shape index (κ3) is 1.72. The fraction of sp³-hybridized carbons (Fsp3) is 0.0909. The second-order valence-corrected chi connectivity index (χ2v) is 2.85. The summed E-state index contributed by atoms with van der Waals surface area (Å²) < 4.78 is 0. The molecular weight excluding hydrogens is 160 g/mol. The molecule has 0 aliphatic carbocycles. The number of aromatic nitrogens is 2. The minimum absolute atomic E-state index is 0.725. The molecular formula is C11H9N2. The van der Waals surface area contributed by atoms with Gasteiger partial charge in [-0.3, -0.25) is 0 Å². The van der Waals surface area contributed by atoms with E-state index in [2.05, 4.69) is 16.0 Å². The molecule has 0 N–H and O–H groups in total. The molecule has 13 heavy (non-hydrogen) atoms. The zero-order valence-electron chi connectivity index (χ0n) is 7.36. The SMILES string of the molecule is Cc1c[c]c(-c2ncccn2)cc1. The van der Waals surface area contributed by atoms with E-state index in [1.165, 1.54) is 5.56 Å². The molecule has 2 heteroatoms. The van der Waals surface area contributed by atoms with E-state index in [0.717, 1.165) is 11.4 Å². The first-order chi connectivity index (χ1) is 6.36. The molecule has 0 atom stereocenters. The van der Waals surface area contributed by atoms with E-state index < -0.39 is 0 Å². The van der Waals surface area contributed by atoms with E-state index in [1.807, 2.05) is 25.1 Å². The molecule has 0 spiro atoms. The second-order valence-electron chi connectivity index (χ2n) is 2.85. The molecule has 1 aromatic carbocycles. The summed E-state index contributed by atoms with van der Waals surface area (Å²) in [6.45, 7) is 2.03. The van der Waals surface area contributed by atoms with Gasteiger partial charge in [0.15, 0.2) is 5.82 Å². The van der Waals surface area contributed by atoms with Gasteiger partial charge in [-0.05, 0) is 19.1 Å². The van der Waals surface area contributed by atoms with E-state index in [0.29, 0.717) is 0 Å². The molecule has 0 aliphatic rings. The molecule has 0 amide bonds. The summed E-state index contributed by atoms with van der Waals surface area (Å²) in [4.78, 5) is 8.27. The molecule has 0 bridgehead atoms. The van der Waals surface area contributed by atoms with Crippen molar-refractivity contribution in [3.63, 3.8) is 0 Å². The van der Waals surface area contributed by atoms with Gasteiger partial charge >= 0.3 is 0 Å². The van der Waals surface area contributed by atoms with Crippen LogP contribution in [0.2, 0.25) is 0 Å². The lowest BCUT2D eigenvalue weighted by Crippen LogP contribution is -1.86. The molecule has 0 saturated carbocycles. The van der Waals surface area contributed by atoms with Crippen molar-refractivity contribution in [3.8, 4) is 11.4 Å². The normalized spacial score (nSPS) is 9.92. The summed E-state index contributed by atoms with van der Waals surface area (Å²) in [6.07, 6.45) is 3.46. The lowest BCUT2D eigenvalue weighted by atomic mass is 10.1. The highest BCUT2D eigenvalue weighted by atomic mass is 14.8. The number of nitrogens with zero attached hydrogens (tertiary/aromatic N) is 2. The summed E-state index contributed by atoms with van der Waals surface area (Å²) >= 11 is 0. The first kappa shape index (κ1) is 7.92. The zero-order chi connectivity index (χ0) is 9.10. The van der Waals surface area contributed by atoms with Crippen LogP contribution in [0.3, 0.4) is 0 Å². The maximum absolute atomic E-state index is 4.14. The first-order valence-electron chi connectivity index (χ1n) is 4.12. The monoisotopic (exact) mass is 169 g/mol. The molecule has 2 aromatic rings. The average Bonchev–Trinajstić information content (AvgIpc) is 2.20. The van der Waals surface area contributed by atoms with E-state index in [-0.39, 0.29) is 0 Å². The zero-order valence-corrected chi connectivity index (χ0v) is 7.36. The number of hydrogen-bond donors (Lipinski definition) is 0. The maximum atomic E-state index is 4.14. The van der Waals surface area contributed by atoms with Gasteiger partial charge in [-0.1, -0.05) is 23.8 Å². The van der Waals surface area contributed by atoms with Crippen molar-refractivity contribution in [1.82, 2.24) is 9.97 Å². The van der Waals surface area contributed by atoms with Crippen LogP contribution in [0.1, 0.15) is 5.56 Å². The highest BCUT2D eigenvalue weighted by molar-refractivity contribution is 5.53. The Hall–Kier alpha value is -1.70. The van der Waals surface area contributed by atoms with Gasteiger partial charge in [0.25, 0.3) is 0 Å².